The van der Waals surface area contributed by atoms with E-state index in [0.717, 1.165) is 166 Å². The van der Waals surface area contributed by atoms with Crippen LogP contribution in [-0.2, 0) is 33.6 Å². The molecule has 13 unspecified atom stereocenters. The van der Waals surface area contributed by atoms with Gasteiger partial charge in [-0.15, -0.1) is 0 Å². The second-order valence-electron chi connectivity index (χ2n) is 36.2. The highest BCUT2D eigenvalue weighted by atomic mass is 16.6. The van der Waals surface area contributed by atoms with E-state index in [1.54, 1.807) is 0 Å². The number of fused-ring (bicyclic) bond motifs is 20. The molecule has 0 aromatic carbocycles. The minimum Gasteiger partial charge on any atom is -0.395 e. The van der Waals surface area contributed by atoms with Crippen LogP contribution in [0, 0.1) is 132 Å². The van der Waals surface area contributed by atoms with Crippen LogP contribution in [0.3, 0.4) is 0 Å². The van der Waals surface area contributed by atoms with Crippen LogP contribution in [0.5, 0.6) is 0 Å². The summed E-state index contributed by atoms with van der Waals surface area (Å²) in [6.45, 7) is 19.2. The van der Waals surface area contributed by atoms with Crippen LogP contribution in [0.1, 0.15) is 261 Å². The highest BCUT2D eigenvalue weighted by Gasteiger charge is 2.66. The van der Waals surface area contributed by atoms with Crippen molar-refractivity contribution in [3.8, 4) is 0 Å². The second kappa shape index (κ2) is 24.2. The Balaban J connectivity index is 0.000000111. The second-order valence-corrected chi connectivity index (χ2v) is 36.2. The smallest absolute Gasteiger partial charge is 0.139 e. The van der Waals surface area contributed by atoms with E-state index in [-0.39, 0.29) is 85.9 Å². The van der Waals surface area contributed by atoms with Crippen molar-refractivity contribution < 1.29 is 54.0 Å². The van der Waals surface area contributed by atoms with Gasteiger partial charge in [-0.1, -0.05) is 72.2 Å². The third-order valence-corrected chi connectivity index (χ3v) is 32.8. The molecule has 0 spiro atoms. The largest absolute Gasteiger partial charge is 0.395 e. The molecular weight excluding hydrogens is 1140 g/mol. The SMILES string of the molecule is C[C@]12CCC(O)CC1=CCC1C2CC[C@]2(C)C(=O)CCC12.C[C@]12CCC3C(CC(=O)[C@H]4C/C(=N\OCCN)CC[C@]34C)C1CCC2=O.C[C@]12CCC3C(CC(=O)[C@H]4CC(=O)CC[C@]34C)C1CCC2=O.C[C@]12CCC3C(C[C@H](O)[C@H]4C[C@@H](O)CC[C@]34C)C1CC[C@@H]2O. The van der Waals surface area contributed by atoms with Gasteiger partial charge in [-0.05, 0) is 265 Å². The average molecular weight is 1260 g/mol. The van der Waals surface area contributed by atoms with Crippen molar-refractivity contribution in [1.29, 1.82) is 0 Å². The molecule has 0 bridgehead atoms. The van der Waals surface area contributed by atoms with Crippen molar-refractivity contribution in [3.63, 3.8) is 0 Å². The van der Waals surface area contributed by atoms with Crippen LogP contribution in [0.25, 0.3) is 0 Å². The molecule has 0 amide bonds. The number of hydrogen-bond acceptors (Lipinski definition) is 13. The summed E-state index contributed by atoms with van der Waals surface area (Å²) in [6.07, 6.45) is 31.6. The van der Waals surface area contributed by atoms with Crippen LogP contribution < -0.4 is 5.73 Å². The van der Waals surface area contributed by atoms with Crippen molar-refractivity contribution in [2.45, 2.75) is 285 Å². The maximum absolute atomic E-state index is 13.1. The van der Waals surface area contributed by atoms with Gasteiger partial charge in [-0.2, -0.15) is 0 Å². The number of ketones is 6. The Hall–Kier alpha value is -2.97. The molecular formula is C78H118N2O11. The summed E-state index contributed by atoms with van der Waals surface area (Å²) in [5.74, 6) is 9.27. The fourth-order valence-electron chi connectivity index (χ4n) is 27.2. The normalized spacial score (nSPS) is 52.7. The maximum Gasteiger partial charge on any atom is 0.139 e. The van der Waals surface area contributed by atoms with Crippen LogP contribution in [-0.4, -0.2) is 98.4 Å². The first-order valence-electron chi connectivity index (χ1n) is 37.5. The molecule has 13 nitrogen and oxygen atoms in total. The molecule has 13 heteroatoms. The van der Waals surface area contributed by atoms with Crippen LogP contribution >= 0.6 is 0 Å². The number of nitrogens with two attached hydrogens (primary N) is 1. The summed E-state index contributed by atoms with van der Waals surface area (Å²) in [4.78, 5) is 80.2. The van der Waals surface area contributed by atoms with Gasteiger partial charge in [0.05, 0.1) is 30.1 Å². The van der Waals surface area contributed by atoms with Crippen molar-refractivity contribution in [2.24, 2.45) is 143 Å². The van der Waals surface area contributed by atoms with Crippen molar-refractivity contribution in [1.82, 2.24) is 0 Å². The van der Waals surface area contributed by atoms with E-state index in [4.69, 9.17) is 10.6 Å². The Kier molecular flexibility index (Phi) is 17.7. The van der Waals surface area contributed by atoms with E-state index in [1.165, 1.54) is 18.4 Å². The first-order valence-corrected chi connectivity index (χ1v) is 37.5. The number of aliphatic hydroxyl groups excluding tert-OH is 4. The topological polar surface area (TPSA) is 231 Å². The predicted octanol–water partition coefficient (Wildman–Crippen LogP) is 13.1. The van der Waals surface area contributed by atoms with Gasteiger partial charge in [0.1, 0.15) is 41.3 Å². The van der Waals surface area contributed by atoms with E-state index in [1.807, 2.05) is 0 Å². The number of nitrogens with zero attached hydrogens (tertiary/aromatic N) is 1. The lowest BCUT2D eigenvalue weighted by atomic mass is 9.44. The summed E-state index contributed by atoms with van der Waals surface area (Å²) >= 11 is 0. The number of rotatable bonds is 3. The van der Waals surface area contributed by atoms with Crippen LogP contribution in [0.15, 0.2) is 16.8 Å². The average Bonchev–Trinajstić information content (AvgIpc) is 1.70. The van der Waals surface area contributed by atoms with E-state index in [0.29, 0.717) is 151 Å². The zero-order valence-electron chi connectivity index (χ0n) is 57.3. The Morgan fingerprint density at radius 3 is 1.52 bits per heavy atom. The Morgan fingerprint density at radius 2 is 0.923 bits per heavy atom. The van der Waals surface area contributed by atoms with Gasteiger partial charge in [-0.25, -0.2) is 0 Å². The van der Waals surface area contributed by atoms with Crippen LogP contribution in [0.2, 0.25) is 0 Å². The van der Waals surface area contributed by atoms with E-state index < -0.39 is 0 Å². The van der Waals surface area contributed by atoms with E-state index in [2.05, 4.69) is 66.6 Å². The van der Waals surface area contributed by atoms with E-state index in [9.17, 15) is 49.2 Å². The molecule has 506 valence electrons. The van der Waals surface area contributed by atoms with Gasteiger partial charge >= 0.3 is 0 Å². The fourth-order valence-corrected chi connectivity index (χ4v) is 27.2. The Labute approximate surface area is 545 Å². The minimum absolute atomic E-state index is 0.000871. The molecule has 16 rings (SSSR count). The summed E-state index contributed by atoms with van der Waals surface area (Å²) < 4.78 is 0. The molecule has 15 fully saturated rings. The standard InChI is InChI=1S/C21H32N2O3.C19H32O3.C19H26O3.C19H28O2/c1-20-7-5-13(23-26-10-9-22)11-17(20)18(24)12-14-15-3-4-19(25)21(15,2)8-6-16(14)20;2*1-18-7-5-11(20)9-15(18)16(21)10-12-13-3-4-17(22)19(13,2)8-6-14(12)18;1-18-9-7-13(20)11-12(18)3-4-14-15-5-6-17(21)19(15,2)10-8-16(14)18/h14-17H,3-12,22H2,1-2H3;11-17,20-22H,3-10H2,1-2H3;12-15H,3-10H2,1-2H3;3,13-16,20H,4-11H2,1-2H3/b23-13-;;;/t14?,15?,16?,17-,20-,21+;11-,12?,13?,14?,15+,16-,17-,18+,19-;12?,13?,14?,15-,18-,19+;13?,14?,15?,16?,18-,19-/m1010/s1. The number of carbonyl (C=O) groups excluding carboxylic acids is 6. The zero-order valence-corrected chi connectivity index (χ0v) is 57.3. The Morgan fingerprint density at radius 1 is 0.440 bits per heavy atom. The lowest BCUT2D eigenvalue weighted by Gasteiger charge is -2.61. The van der Waals surface area contributed by atoms with Crippen LogP contribution in [0.4, 0.5) is 0 Å². The molecule has 0 radical (unpaired) electrons. The molecule has 0 saturated heterocycles. The number of oxime groups is 1. The molecule has 6 N–H and O–H groups in total. The maximum atomic E-state index is 13.1. The lowest BCUT2D eigenvalue weighted by Crippen LogP contribution is -2.58. The Bertz CT molecular complexity index is 2940. The number of allylic oxidation sites excluding steroid dienone is 1. The first kappa shape index (κ1) is 66.6. The molecule has 27 atom stereocenters. The van der Waals surface area contributed by atoms with Gasteiger partial charge in [-0.3, -0.25) is 28.8 Å². The molecule has 91 heavy (non-hydrogen) atoms. The highest BCUT2D eigenvalue weighted by Crippen LogP contribution is 2.70. The third kappa shape index (κ3) is 10.7. The molecule has 0 aliphatic heterocycles. The molecule has 0 aromatic rings. The monoisotopic (exact) mass is 1260 g/mol. The predicted molar refractivity (Wildman–Crippen MR) is 350 cm³/mol. The number of carbonyl (C=O) groups is 6. The van der Waals surface area contributed by atoms with Gasteiger partial charge in [0, 0.05) is 79.6 Å². The molecule has 16 aliphatic rings. The molecule has 16 aliphatic carbocycles. The van der Waals surface area contributed by atoms with Crippen molar-refractivity contribution in [3.05, 3.63) is 11.6 Å². The summed E-state index contributed by atoms with van der Waals surface area (Å²) in [7, 11) is 0. The summed E-state index contributed by atoms with van der Waals surface area (Å²) in [6, 6.07) is 0. The highest BCUT2D eigenvalue weighted by molar-refractivity contribution is 5.94. The van der Waals surface area contributed by atoms with Gasteiger partial charge in [0.25, 0.3) is 0 Å². The number of aliphatic hydroxyl groups is 4. The van der Waals surface area contributed by atoms with Gasteiger partial charge in [0.15, 0.2) is 0 Å². The third-order valence-electron chi connectivity index (χ3n) is 32.8. The summed E-state index contributed by atoms with van der Waals surface area (Å²) in [5.41, 5.74) is 8.28. The lowest BCUT2D eigenvalue weighted by molar-refractivity contribution is -0.174. The fraction of sp³-hybridized carbons (Fsp3) is 0.885. The molecule has 15 saturated carbocycles. The van der Waals surface area contributed by atoms with Gasteiger partial charge < -0.3 is 31.0 Å². The summed E-state index contributed by atoms with van der Waals surface area (Å²) in [5, 5.41) is 45.6. The minimum atomic E-state index is -0.263. The molecule has 0 heterocycles. The van der Waals surface area contributed by atoms with Crippen molar-refractivity contribution >= 4 is 40.4 Å². The van der Waals surface area contributed by atoms with Gasteiger partial charge in [0.2, 0.25) is 0 Å². The quantitative estimate of drug-likeness (QED) is 0.101. The number of hydrogen-bond donors (Lipinski definition) is 5. The zero-order chi connectivity index (χ0) is 64.8. The van der Waals surface area contributed by atoms with Crippen molar-refractivity contribution in [2.75, 3.05) is 13.2 Å². The van der Waals surface area contributed by atoms with E-state index >= 15 is 0 Å². The first-order chi connectivity index (χ1) is 43.1. The number of Topliss-reactive ketones (excluding diaryl/α,β-unsaturated/α-hetero) is 6. The molecule has 0 aromatic heterocycles.